The number of phenolic OH excluding ortho intramolecular Hbond substituents is 1. The molecule has 0 amide bonds. The van der Waals surface area contributed by atoms with Gasteiger partial charge in [0.1, 0.15) is 5.75 Å². The molecule has 1 aliphatic rings. The molecular formula is C12H15ClO2. The molecule has 1 aromatic rings. The van der Waals surface area contributed by atoms with E-state index in [1.165, 1.54) is 5.56 Å². The summed E-state index contributed by atoms with van der Waals surface area (Å²) in [6.45, 7) is 1.64. The Morgan fingerprint density at radius 3 is 2.67 bits per heavy atom. The van der Waals surface area contributed by atoms with E-state index in [0.717, 1.165) is 31.2 Å². The van der Waals surface area contributed by atoms with Gasteiger partial charge in [-0.25, -0.2) is 0 Å². The number of halogens is 1. The van der Waals surface area contributed by atoms with Crippen LogP contribution in [0.4, 0.5) is 0 Å². The summed E-state index contributed by atoms with van der Waals surface area (Å²) in [5, 5.41) is 19.8. The molecule has 0 heterocycles. The molecule has 0 saturated carbocycles. The zero-order valence-corrected chi connectivity index (χ0v) is 9.51. The number of aliphatic hydroxyl groups is 1. The minimum atomic E-state index is -0.672. The lowest BCUT2D eigenvalue weighted by molar-refractivity contribution is 0.195. The van der Waals surface area contributed by atoms with Crippen molar-refractivity contribution >= 4 is 11.6 Å². The van der Waals surface area contributed by atoms with E-state index < -0.39 is 6.10 Å². The van der Waals surface area contributed by atoms with E-state index in [0.29, 0.717) is 10.6 Å². The topological polar surface area (TPSA) is 40.5 Å². The maximum Gasteiger partial charge on any atom is 0.140 e. The highest BCUT2D eigenvalue weighted by Crippen LogP contribution is 2.39. The maximum atomic E-state index is 9.83. The Bertz CT molecular complexity index is 386. The largest absolute Gasteiger partial charge is 0.506 e. The zero-order chi connectivity index (χ0) is 11.0. The number of hydrogen-bond donors (Lipinski definition) is 2. The molecule has 0 saturated heterocycles. The number of aromatic hydroxyl groups is 1. The van der Waals surface area contributed by atoms with E-state index >= 15 is 0 Å². The molecule has 0 bridgehead atoms. The maximum absolute atomic E-state index is 9.83. The van der Waals surface area contributed by atoms with Gasteiger partial charge in [0.15, 0.2) is 0 Å². The Balaban J connectivity index is 2.57. The minimum Gasteiger partial charge on any atom is -0.506 e. The standard InChI is InChI=1S/C12H15ClO2/c1-7(14)10-6-8-4-2-3-5-9(8)11(13)12(10)15/h6-7,14-15H,2-5H2,1H3. The van der Waals surface area contributed by atoms with Crippen LogP contribution in [0.1, 0.15) is 42.6 Å². The van der Waals surface area contributed by atoms with Crippen molar-refractivity contribution in [1.82, 2.24) is 0 Å². The molecule has 3 heteroatoms. The van der Waals surface area contributed by atoms with Crippen molar-refractivity contribution in [2.45, 2.75) is 38.7 Å². The molecule has 82 valence electrons. The lowest BCUT2D eigenvalue weighted by Gasteiger charge is -2.20. The predicted octanol–water partition coefficient (Wildman–Crippen LogP) is 2.98. The molecule has 1 aromatic carbocycles. The van der Waals surface area contributed by atoms with Crippen LogP contribution in [0, 0.1) is 0 Å². The average molecular weight is 227 g/mol. The third-order valence-electron chi connectivity index (χ3n) is 3.04. The highest BCUT2D eigenvalue weighted by atomic mass is 35.5. The summed E-state index contributed by atoms with van der Waals surface area (Å²) in [5.41, 5.74) is 2.78. The Morgan fingerprint density at radius 1 is 1.33 bits per heavy atom. The van der Waals surface area contributed by atoms with Gasteiger partial charge >= 0.3 is 0 Å². The summed E-state index contributed by atoms with van der Waals surface area (Å²) in [7, 11) is 0. The lowest BCUT2D eigenvalue weighted by atomic mass is 9.89. The van der Waals surface area contributed by atoms with E-state index in [9.17, 15) is 10.2 Å². The fraction of sp³-hybridized carbons (Fsp3) is 0.500. The van der Waals surface area contributed by atoms with E-state index in [-0.39, 0.29) is 5.75 Å². The van der Waals surface area contributed by atoms with Gasteiger partial charge < -0.3 is 10.2 Å². The number of aryl methyl sites for hydroxylation is 1. The van der Waals surface area contributed by atoms with E-state index in [2.05, 4.69) is 0 Å². The molecule has 1 atom stereocenters. The van der Waals surface area contributed by atoms with Crippen LogP contribution in [0.3, 0.4) is 0 Å². The van der Waals surface area contributed by atoms with Gasteiger partial charge in [0.05, 0.1) is 11.1 Å². The van der Waals surface area contributed by atoms with Crippen molar-refractivity contribution in [1.29, 1.82) is 0 Å². The van der Waals surface area contributed by atoms with Gasteiger partial charge in [0.25, 0.3) is 0 Å². The van der Waals surface area contributed by atoms with Crippen LogP contribution >= 0.6 is 11.6 Å². The Hall–Kier alpha value is -0.730. The molecule has 0 spiro atoms. The normalized spacial score (nSPS) is 17.3. The number of aliphatic hydroxyl groups excluding tert-OH is 1. The third-order valence-corrected chi connectivity index (χ3v) is 3.44. The van der Waals surface area contributed by atoms with Crippen molar-refractivity contribution in [3.05, 3.63) is 27.8 Å². The molecule has 2 nitrogen and oxygen atoms in total. The molecule has 0 fully saturated rings. The van der Waals surface area contributed by atoms with Crippen LogP contribution in [0.5, 0.6) is 5.75 Å². The number of benzene rings is 1. The van der Waals surface area contributed by atoms with Crippen LogP contribution in [0.15, 0.2) is 6.07 Å². The van der Waals surface area contributed by atoms with Crippen molar-refractivity contribution in [2.24, 2.45) is 0 Å². The number of fused-ring (bicyclic) bond motifs is 1. The second kappa shape index (κ2) is 4.03. The lowest BCUT2D eigenvalue weighted by Crippen LogP contribution is -2.06. The first-order valence-electron chi connectivity index (χ1n) is 5.32. The predicted molar refractivity (Wildman–Crippen MR) is 60.4 cm³/mol. The van der Waals surface area contributed by atoms with Crippen LogP contribution in [-0.2, 0) is 12.8 Å². The number of hydrogen-bond acceptors (Lipinski definition) is 2. The molecule has 0 aromatic heterocycles. The SMILES string of the molecule is CC(O)c1cc2c(c(Cl)c1O)CCCC2. The average Bonchev–Trinajstić information content (AvgIpc) is 2.23. The minimum absolute atomic E-state index is 0.0484. The smallest absolute Gasteiger partial charge is 0.140 e. The van der Waals surface area contributed by atoms with Gasteiger partial charge in [0, 0.05) is 5.56 Å². The van der Waals surface area contributed by atoms with Crippen LogP contribution in [0.2, 0.25) is 5.02 Å². The summed E-state index contributed by atoms with van der Waals surface area (Å²) in [5.74, 6) is 0.0484. The number of rotatable bonds is 1. The van der Waals surface area contributed by atoms with Crippen LogP contribution in [0.25, 0.3) is 0 Å². The molecule has 2 N–H and O–H groups in total. The zero-order valence-electron chi connectivity index (χ0n) is 8.76. The number of phenols is 1. The first-order valence-corrected chi connectivity index (χ1v) is 5.70. The van der Waals surface area contributed by atoms with Gasteiger partial charge in [-0.05, 0) is 49.8 Å². The highest BCUT2D eigenvalue weighted by molar-refractivity contribution is 6.33. The second-order valence-electron chi connectivity index (χ2n) is 4.15. The van der Waals surface area contributed by atoms with Gasteiger partial charge in [-0.2, -0.15) is 0 Å². The first kappa shape index (κ1) is 10.8. The van der Waals surface area contributed by atoms with Crippen LogP contribution in [-0.4, -0.2) is 10.2 Å². The van der Waals surface area contributed by atoms with Crippen molar-refractivity contribution in [3.63, 3.8) is 0 Å². The van der Waals surface area contributed by atoms with E-state index in [1.54, 1.807) is 6.92 Å². The third kappa shape index (κ3) is 1.84. The Kier molecular flexibility index (Phi) is 2.89. The van der Waals surface area contributed by atoms with E-state index in [1.807, 2.05) is 6.07 Å². The quantitative estimate of drug-likeness (QED) is 0.773. The Morgan fingerprint density at radius 2 is 2.00 bits per heavy atom. The van der Waals surface area contributed by atoms with Crippen molar-refractivity contribution < 1.29 is 10.2 Å². The molecule has 0 radical (unpaired) electrons. The van der Waals surface area contributed by atoms with Gasteiger partial charge in [0.2, 0.25) is 0 Å². The molecule has 0 aliphatic heterocycles. The summed E-state index contributed by atoms with van der Waals surface area (Å²) in [6, 6.07) is 1.89. The van der Waals surface area contributed by atoms with Gasteiger partial charge in [-0.15, -0.1) is 0 Å². The van der Waals surface area contributed by atoms with Gasteiger partial charge in [-0.3, -0.25) is 0 Å². The van der Waals surface area contributed by atoms with Gasteiger partial charge in [-0.1, -0.05) is 11.6 Å². The summed E-state index contributed by atoms with van der Waals surface area (Å²) in [4.78, 5) is 0. The van der Waals surface area contributed by atoms with Crippen LogP contribution < -0.4 is 0 Å². The molecule has 2 rings (SSSR count). The molecule has 15 heavy (non-hydrogen) atoms. The molecule has 1 unspecified atom stereocenters. The molecular weight excluding hydrogens is 212 g/mol. The fourth-order valence-electron chi connectivity index (χ4n) is 2.18. The second-order valence-corrected chi connectivity index (χ2v) is 4.53. The Labute approximate surface area is 94.5 Å². The van der Waals surface area contributed by atoms with Crippen molar-refractivity contribution in [3.8, 4) is 5.75 Å². The van der Waals surface area contributed by atoms with E-state index in [4.69, 9.17) is 11.6 Å². The molecule has 1 aliphatic carbocycles. The van der Waals surface area contributed by atoms with Crippen molar-refractivity contribution in [2.75, 3.05) is 0 Å². The summed E-state index contributed by atoms with van der Waals surface area (Å²) >= 11 is 6.10. The fourth-order valence-corrected chi connectivity index (χ4v) is 2.51. The monoisotopic (exact) mass is 226 g/mol. The highest BCUT2D eigenvalue weighted by Gasteiger charge is 2.20. The first-order chi connectivity index (χ1) is 7.11. The summed E-state index contributed by atoms with van der Waals surface area (Å²) < 4.78 is 0. The summed E-state index contributed by atoms with van der Waals surface area (Å²) in [6.07, 6.45) is 3.54.